The number of carbonyl (C=O) groups is 1. The third-order valence-corrected chi connectivity index (χ3v) is 3.51. The fourth-order valence-electron chi connectivity index (χ4n) is 2.57. The molecule has 1 aliphatic carbocycles. The Hall–Kier alpha value is -0.790. The van der Waals surface area contributed by atoms with E-state index in [1.54, 1.807) is 0 Å². The highest BCUT2D eigenvalue weighted by Gasteiger charge is 2.29. The highest BCUT2D eigenvalue weighted by molar-refractivity contribution is 5.74. The second kappa shape index (κ2) is 5.94. The second-order valence-electron chi connectivity index (χ2n) is 4.42. The minimum atomic E-state index is -0.628. The lowest BCUT2D eigenvalue weighted by atomic mass is 9.78. The molecule has 86 valence electrons. The topological polar surface area (TPSA) is 37.3 Å². The lowest BCUT2D eigenvalue weighted by Crippen LogP contribution is -2.25. The number of hydrogen-bond acceptors (Lipinski definition) is 1. The molecular weight excluding hydrogens is 188 g/mol. The predicted molar refractivity (Wildman–Crippen MR) is 61.7 cm³/mol. The van der Waals surface area contributed by atoms with Crippen LogP contribution in [0.25, 0.3) is 0 Å². The lowest BCUT2D eigenvalue weighted by Gasteiger charge is -2.26. The zero-order valence-electron chi connectivity index (χ0n) is 9.83. The van der Waals surface area contributed by atoms with E-state index in [9.17, 15) is 9.90 Å². The number of carboxylic acid groups (broad SMARTS) is 1. The summed E-state index contributed by atoms with van der Waals surface area (Å²) in [6.45, 7) is 4.18. The predicted octanol–water partition coefficient (Wildman–Crippen LogP) is 3.62. The number of carboxylic acids is 1. The van der Waals surface area contributed by atoms with Crippen LogP contribution in [-0.2, 0) is 4.79 Å². The van der Waals surface area contributed by atoms with Crippen LogP contribution < -0.4 is 0 Å². The summed E-state index contributed by atoms with van der Waals surface area (Å²) in [5, 5.41) is 9.32. The molecule has 0 heterocycles. The van der Waals surface area contributed by atoms with Gasteiger partial charge in [0.2, 0.25) is 0 Å². The van der Waals surface area contributed by atoms with Gasteiger partial charge >= 0.3 is 5.97 Å². The van der Waals surface area contributed by atoms with E-state index >= 15 is 0 Å². The smallest absolute Gasteiger partial charge is 0.310 e. The molecule has 0 aliphatic heterocycles. The molecule has 0 aromatic carbocycles. The van der Waals surface area contributed by atoms with Crippen molar-refractivity contribution in [1.82, 2.24) is 0 Å². The Labute approximate surface area is 92.4 Å². The molecule has 0 aromatic rings. The molecule has 0 aromatic heterocycles. The first kappa shape index (κ1) is 12.3. The van der Waals surface area contributed by atoms with Crippen molar-refractivity contribution in [3.05, 3.63) is 11.6 Å². The first-order valence-electron chi connectivity index (χ1n) is 6.12. The average Bonchev–Trinajstić information content (AvgIpc) is 2.26. The van der Waals surface area contributed by atoms with Crippen molar-refractivity contribution in [3.63, 3.8) is 0 Å². The Morgan fingerprint density at radius 2 is 2.07 bits per heavy atom. The van der Waals surface area contributed by atoms with Crippen LogP contribution in [0.15, 0.2) is 11.6 Å². The van der Waals surface area contributed by atoms with Crippen LogP contribution in [0, 0.1) is 11.8 Å². The summed E-state index contributed by atoms with van der Waals surface area (Å²) < 4.78 is 0. The molecule has 0 radical (unpaired) electrons. The van der Waals surface area contributed by atoms with Crippen molar-refractivity contribution in [2.45, 2.75) is 52.4 Å². The summed E-state index contributed by atoms with van der Waals surface area (Å²) in [6.07, 6.45) is 8.54. The van der Waals surface area contributed by atoms with Gasteiger partial charge in [-0.25, -0.2) is 0 Å². The third-order valence-electron chi connectivity index (χ3n) is 3.51. The summed E-state index contributed by atoms with van der Waals surface area (Å²) in [5.74, 6) is -0.538. The fraction of sp³-hybridized carbons (Fsp3) is 0.769. The molecule has 0 saturated carbocycles. The van der Waals surface area contributed by atoms with E-state index < -0.39 is 5.97 Å². The van der Waals surface area contributed by atoms with E-state index in [-0.39, 0.29) is 5.92 Å². The fourth-order valence-corrected chi connectivity index (χ4v) is 2.57. The maximum atomic E-state index is 11.3. The zero-order valence-corrected chi connectivity index (χ0v) is 9.83. The quantitative estimate of drug-likeness (QED) is 0.704. The van der Waals surface area contributed by atoms with Crippen molar-refractivity contribution in [3.8, 4) is 0 Å². The van der Waals surface area contributed by atoms with Crippen LogP contribution in [-0.4, -0.2) is 11.1 Å². The number of rotatable bonds is 5. The van der Waals surface area contributed by atoms with Crippen molar-refractivity contribution in [2.24, 2.45) is 11.8 Å². The maximum absolute atomic E-state index is 11.3. The number of hydrogen-bond donors (Lipinski definition) is 1. The number of allylic oxidation sites excluding steroid dienone is 1. The van der Waals surface area contributed by atoms with Gasteiger partial charge in [-0.15, -0.1) is 0 Å². The molecule has 2 nitrogen and oxygen atoms in total. The molecule has 1 aliphatic rings. The SMILES string of the molecule is CCC(CC)C(C(=O)O)C1=CCCCC1. The molecule has 0 amide bonds. The second-order valence-corrected chi connectivity index (χ2v) is 4.42. The van der Waals surface area contributed by atoms with Gasteiger partial charge in [-0.1, -0.05) is 38.3 Å². The largest absolute Gasteiger partial charge is 0.481 e. The van der Waals surface area contributed by atoms with Crippen LogP contribution >= 0.6 is 0 Å². The Kier molecular flexibility index (Phi) is 4.86. The van der Waals surface area contributed by atoms with Gasteiger partial charge in [0.1, 0.15) is 0 Å². The Bertz CT molecular complexity index is 239. The van der Waals surface area contributed by atoms with Crippen molar-refractivity contribution >= 4 is 5.97 Å². The van der Waals surface area contributed by atoms with E-state index in [0.29, 0.717) is 5.92 Å². The van der Waals surface area contributed by atoms with Gasteiger partial charge in [0.05, 0.1) is 5.92 Å². The summed E-state index contributed by atoms with van der Waals surface area (Å²) in [6, 6.07) is 0. The van der Waals surface area contributed by atoms with Gasteiger partial charge in [0.15, 0.2) is 0 Å². The van der Waals surface area contributed by atoms with Crippen LogP contribution in [0.1, 0.15) is 52.4 Å². The molecular formula is C13H22O2. The monoisotopic (exact) mass is 210 g/mol. The van der Waals surface area contributed by atoms with E-state index in [4.69, 9.17) is 0 Å². The van der Waals surface area contributed by atoms with Gasteiger partial charge in [0.25, 0.3) is 0 Å². The molecule has 0 bridgehead atoms. The highest BCUT2D eigenvalue weighted by Crippen LogP contribution is 2.32. The number of aliphatic carboxylic acids is 1. The van der Waals surface area contributed by atoms with E-state index in [1.165, 1.54) is 12.0 Å². The lowest BCUT2D eigenvalue weighted by molar-refractivity contribution is -0.142. The van der Waals surface area contributed by atoms with Crippen molar-refractivity contribution < 1.29 is 9.90 Å². The molecule has 15 heavy (non-hydrogen) atoms. The molecule has 0 fully saturated rings. The summed E-state index contributed by atoms with van der Waals surface area (Å²) >= 11 is 0. The molecule has 2 heteroatoms. The summed E-state index contributed by atoms with van der Waals surface area (Å²) in [7, 11) is 0. The molecule has 1 atom stereocenters. The molecule has 0 spiro atoms. The standard InChI is InChI=1S/C13H22O2/c1-3-10(4-2)12(13(14)15)11-8-6-5-7-9-11/h8,10,12H,3-7,9H2,1-2H3,(H,14,15). The minimum Gasteiger partial charge on any atom is -0.481 e. The molecule has 1 rings (SSSR count). The molecule has 1 unspecified atom stereocenters. The van der Waals surface area contributed by atoms with Gasteiger partial charge in [-0.3, -0.25) is 4.79 Å². The van der Waals surface area contributed by atoms with Gasteiger partial charge < -0.3 is 5.11 Å². The average molecular weight is 210 g/mol. The van der Waals surface area contributed by atoms with Crippen LogP contribution in [0.2, 0.25) is 0 Å². The van der Waals surface area contributed by atoms with Gasteiger partial charge in [-0.05, 0) is 31.6 Å². The van der Waals surface area contributed by atoms with Crippen LogP contribution in [0.5, 0.6) is 0 Å². The maximum Gasteiger partial charge on any atom is 0.310 e. The van der Waals surface area contributed by atoms with E-state index in [1.807, 2.05) is 0 Å². The summed E-state index contributed by atoms with van der Waals surface area (Å²) in [4.78, 5) is 11.3. The van der Waals surface area contributed by atoms with Gasteiger partial charge in [0, 0.05) is 0 Å². The molecule has 0 saturated heterocycles. The minimum absolute atomic E-state index is 0.222. The summed E-state index contributed by atoms with van der Waals surface area (Å²) in [5.41, 5.74) is 1.18. The highest BCUT2D eigenvalue weighted by atomic mass is 16.4. The van der Waals surface area contributed by atoms with E-state index in [0.717, 1.165) is 32.1 Å². The van der Waals surface area contributed by atoms with Crippen molar-refractivity contribution in [1.29, 1.82) is 0 Å². The Balaban J connectivity index is 2.80. The Morgan fingerprint density at radius 3 is 2.47 bits per heavy atom. The van der Waals surface area contributed by atoms with E-state index in [2.05, 4.69) is 19.9 Å². The molecule has 1 N–H and O–H groups in total. The first-order valence-corrected chi connectivity index (χ1v) is 6.12. The first-order chi connectivity index (χ1) is 7.20. The van der Waals surface area contributed by atoms with Gasteiger partial charge in [-0.2, -0.15) is 0 Å². The van der Waals surface area contributed by atoms with Crippen LogP contribution in [0.4, 0.5) is 0 Å². The zero-order chi connectivity index (χ0) is 11.3. The third kappa shape index (κ3) is 3.08. The Morgan fingerprint density at radius 1 is 1.40 bits per heavy atom. The van der Waals surface area contributed by atoms with Crippen LogP contribution in [0.3, 0.4) is 0 Å². The normalized spacial score (nSPS) is 18.7. The van der Waals surface area contributed by atoms with Crippen molar-refractivity contribution in [2.75, 3.05) is 0 Å².